The van der Waals surface area contributed by atoms with E-state index in [1.54, 1.807) is 9.80 Å². The molecule has 2 aromatic carbocycles. The average molecular weight is 851 g/mol. The zero-order chi connectivity index (χ0) is 43.7. The largest absolute Gasteiger partial charge is 0.465 e. The summed E-state index contributed by atoms with van der Waals surface area (Å²) in [7, 11) is 0. The zero-order valence-corrected chi connectivity index (χ0v) is 35.8. The van der Waals surface area contributed by atoms with Crippen LogP contribution in [0.15, 0.2) is 60.9 Å². The van der Waals surface area contributed by atoms with Crippen LogP contribution >= 0.6 is 0 Å². The molecule has 4 saturated heterocycles. The first-order chi connectivity index (χ1) is 29.8. The molecule has 0 bridgehead atoms. The summed E-state index contributed by atoms with van der Waals surface area (Å²) >= 11 is 0. The quantitative estimate of drug-likeness (QED) is 0.0897. The Kier molecular flexibility index (Phi) is 12.7. The fourth-order valence-electron chi connectivity index (χ4n) is 10.5. The number of rotatable bonds is 11. The van der Waals surface area contributed by atoms with Crippen LogP contribution in [0.4, 0.5) is 9.59 Å². The number of benzene rings is 2. The topological polar surface area (TPSA) is 215 Å². The summed E-state index contributed by atoms with van der Waals surface area (Å²) in [4.78, 5) is 71.7. The Labute approximate surface area is 361 Å². The van der Waals surface area contributed by atoms with Crippen molar-refractivity contribution in [1.82, 2.24) is 40.4 Å². The minimum Gasteiger partial charge on any atom is -0.465 e. The lowest BCUT2D eigenvalue weighted by Crippen LogP contribution is -2.54. The number of carboxylic acid groups (broad SMARTS) is 2. The Morgan fingerprint density at radius 1 is 0.597 bits per heavy atom. The molecule has 6 heterocycles. The lowest BCUT2D eigenvalue weighted by Gasteiger charge is -2.38. The number of likely N-dealkylation sites (tertiary alicyclic amines) is 2. The molecular weight excluding hydrogens is 793 g/mol. The Hall–Kier alpha value is -5.74. The first-order valence-corrected chi connectivity index (χ1v) is 22.0. The van der Waals surface area contributed by atoms with Crippen LogP contribution in [-0.2, 0) is 19.1 Å². The van der Waals surface area contributed by atoms with Gasteiger partial charge in [0.1, 0.15) is 23.7 Å². The SMILES string of the molecule is CC1CC(C(NC(=O)O)C(=O)N2CCCC2c2nc(-c3ccc(-c4ccc(-c5c[nH]c(C6CCCN6C(=O)[C@@H](NC(=O)O)C6C[C@@H](C)O[C@@H](C)C6)n5)cc4)cc3)c[nH]2)CC(C)O1. The van der Waals surface area contributed by atoms with Crippen molar-refractivity contribution < 1.29 is 38.9 Å². The third-order valence-electron chi connectivity index (χ3n) is 13.1. The first kappa shape index (κ1) is 42.9. The van der Waals surface area contributed by atoms with Crippen LogP contribution in [0.5, 0.6) is 0 Å². The van der Waals surface area contributed by atoms with E-state index in [1.807, 2.05) is 64.4 Å². The Morgan fingerprint density at radius 3 is 1.27 bits per heavy atom. The van der Waals surface area contributed by atoms with Crippen molar-refractivity contribution >= 4 is 24.0 Å². The van der Waals surface area contributed by atoms with Crippen molar-refractivity contribution in [3.8, 4) is 33.6 Å². The number of carbonyl (C=O) groups excluding carboxylic acids is 2. The third-order valence-corrected chi connectivity index (χ3v) is 13.1. The van der Waals surface area contributed by atoms with Gasteiger partial charge in [0, 0.05) is 36.6 Å². The highest BCUT2D eigenvalue weighted by molar-refractivity contribution is 5.87. The molecule has 16 nitrogen and oxygen atoms in total. The van der Waals surface area contributed by atoms with Crippen LogP contribution in [0.3, 0.4) is 0 Å². The summed E-state index contributed by atoms with van der Waals surface area (Å²) in [5, 5.41) is 24.4. The summed E-state index contributed by atoms with van der Waals surface area (Å²) < 4.78 is 11.8. The number of nitrogens with one attached hydrogen (secondary N) is 4. The van der Waals surface area contributed by atoms with Crippen LogP contribution < -0.4 is 10.6 Å². The average Bonchev–Trinajstić information content (AvgIpc) is 4.08. The number of nitrogens with zero attached hydrogens (tertiary/aromatic N) is 4. The molecule has 0 radical (unpaired) electrons. The Bertz CT molecular complexity index is 2050. The second kappa shape index (κ2) is 18.3. The van der Waals surface area contributed by atoms with E-state index in [0.717, 1.165) is 59.3 Å². The predicted molar refractivity (Wildman–Crippen MR) is 230 cm³/mol. The fourth-order valence-corrected chi connectivity index (χ4v) is 10.5. The molecule has 8 rings (SSSR count). The van der Waals surface area contributed by atoms with E-state index in [-0.39, 0.29) is 60.1 Å². The zero-order valence-electron chi connectivity index (χ0n) is 35.8. The van der Waals surface area contributed by atoms with E-state index in [9.17, 15) is 29.4 Å². The number of aromatic amines is 2. The van der Waals surface area contributed by atoms with Gasteiger partial charge in [0.25, 0.3) is 0 Å². The molecule has 16 heteroatoms. The molecule has 2 aromatic heterocycles. The molecule has 4 aliphatic heterocycles. The molecule has 0 aliphatic carbocycles. The van der Waals surface area contributed by atoms with Gasteiger partial charge in [0.2, 0.25) is 11.8 Å². The third kappa shape index (κ3) is 9.36. The lowest BCUT2D eigenvalue weighted by molar-refractivity contribution is -0.139. The smallest absolute Gasteiger partial charge is 0.405 e. The van der Waals surface area contributed by atoms with Crippen molar-refractivity contribution in [3.63, 3.8) is 0 Å². The normalized spacial score (nSPS) is 27.4. The van der Waals surface area contributed by atoms with Crippen molar-refractivity contribution in [3.05, 3.63) is 72.6 Å². The minimum absolute atomic E-state index is 0.0595. The molecule has 6 N–H and O–H groups in total. The molecule has 4 aliphatic rings. The summed E-state index contributed by atoms with van der Waals surface area (Å²) in [6.45, 7) is 8.91. The highest BCUT2D eigenvalue weighted by Crippen LogP contribution is 2.37. The molecule has 0 saturated carbocycles. The molecule has 4 aromatic rings. The van der Waals surface area contributed by atoms with E-state index in [4.69, 9.17) is 19.4 Å². The van der Waals surface area contributed by atoms with Gasteiger partial charge >= 0.3 is 12.2 Å². The molecule has 4 fully saturated rings. The van der Waals surface area contributed by atoms with E-state index < -0.39 is 24.3 Å². The minimum atomic E-state index is -1.21. The van der Waals surface area contributed by atoms with Crippen molar-refractivity contribution in [2.45, 2.75) is 128 Å². The van der Waals surface area contributed by atoms with Crippen LogP contribution in [0, 0.1) is 11.8 Å². The van der Waals surface area contributed by atoms with Crippen molar-refractivity contribution in [2.75, 3.05) is 13.1 Å². The van der Waals surface area contributed by atoms with E-state index in [0.29, 0.717) is 50.4 Å². The Morgan fingerprint density at radius 2 is 0.935 bits per heavy atom. The van der Waals surface area contributed by atoms with Gasteiger partial charge in [0.15, 0.2) is 0 Å². The van der Waals surface area contributed by atoms with Gasteiger partial charge < -0.3 is 50.1 Å². The Balaban J connectivity index is 0.915. The second-order valence-electron chi connectivity index (χ2n) is 17.7. The highest BCUT2D eigenvalue weighted by atomic mass is 16.5. The fraction of sp³-hybridized carbons (Fsp3) is 0.522. The predicted octanol–water partition coefficient (Wildman–Crippen LogP) is 7.14. The van der Waals surface area contributed by atoms with E-state index in [2.05, 4.69) is 44.9 Å². The monoisotopic (exact) mass is 850 g/mol. The van der Waals surface area contributed by atoms with Gasteiger partial charge in [0.05, 0.1) is 47.9 Å². The maximum absolute atomic E-state index is 14.0. The van der Waals surface area contributed by atoms with Gasteiger partial charge in [-0.05, 0) is 102 Å². The molecule has 4 amide bonds. The van der Waals surface area contributed by atoms with E-state index >= 15 is 0 Å². The number of amides is 4. The molecular formula is C46H58N8O8. The lowest BCUT2D eigenvalue weighted by atomic mass is 9.85. The number of H-pyrrole nitrogens is 2. The maximum atomic E-state index is 14.0. The number of hydrogen-bond donors (Lipinski definition) is 6. The molecule has 0 spiro atoms. The maximum Gasteiger partial charge on any atom is 0.405 e. The van der Waals surface area contributed by atoms with Crippen LogP contribution in [-0.4, -0.2) is 114 Å². The van der Waals surface area contributed by atoms with Crippen LogP contribution in [0.2, 0.25) is 0 Å². The molecule has 330 valence electrons. The number of hydrogen-bond acceptors (Lipinski definition) is 8. The van der Waals surface area contributed by atoms with Crippen LogP contribution in [0.25, 0.3) is 33.6 Å². The number of ether oxygens (including phenoxy) is 2. The van der Waals surface area contributed by atoms with Gasteiger partial charge in [-0.3, -0.25) is 9.59 Å². The number of imidazole rings is 2. The molecule has 9 atom stereocenters. The summed E-state index contributed by atoms with van der Waals surface area (Å²) in [5.41, 5.74) is 5.41. The van der Waals surface area contributed by atoms with Crippen molar-refractivity contribution in [2.24, 2.45) is 11.8 Å². The van der Waals surface area contributed by atoms with Gasteiger partial charge in [-0.2, -0.15) is 0 Å². The highest BCUT2D eigenvalue weighted by Gasteiger charge is 2.43. The number of aromatic nitrogens is 4. The number of carbonyl (C=O) groups is 4. The van der Waals surface area contributed by atoms with Crippen molar-refractivity contribution in [1.29, 1.82) is 0 Å². The summed E-state index contributed by atoms with van der Waals surface area (Å²) in [5.74, 6) is 0.608. The molecule has 62 heavy (non-hydrogen) atoms. The standard InChI is InChI=1S/C46H58N8O8/c1-25-19-33(20-26(2)61-25)39(51-45(57)58)43(55)53-17-5-7-37(53)41-47-23-35(49-41)31-13-9-29(10-14-31)30-11-15-32(16-12-30)36-24-48-42(50-36)38-8-6-18-54(38)44(56)40(52-46(59)60)34-21-27(3)62-28(4)22-34/h9-16,23-28,33-34,37-40,51-52H,5-8,17-22H2,1-4H3,(H,47,49)(H,48,50)(H,57,58)(H,59,60)/t25-,26+,27?,28?,33?,34?,37?,38?,39-,40?/m0/s1. The van der Waals surface area contributed by atoms with Gasteiger partial charge in [-0.15, -0.1) is 0 Å². The van der Waals surface area contributed by atoms with Gasteiger partial charge in [-0.1, -0.05) is 48.5 Å². The second-order valence-corrected chi connectivity index (χ2v) is 17.7. The van der Waals surface area contributed by atoms with Gasteiger partial charge in [-0.25, -0.2) is 19.6 Å². The van der Waals surface area contributed by atoms with Crippen LogP contribution in [0.1, 0.15) is 103 Å². The first-order valence-electron chi connectivity index (χ1n) is 22.0. The molecule has 6 unspecified atom stereocenters. The van der Waals surface area contributed by atoms with E-state index in [1.165, 1.54) is 0 Å². The summed E-state index contributed by atoms with van der Waals surface area (Å²) in [6, 6.07) is 14.0. The summed E-state index contributed by atoms with van der Waals surface area (Å²) in [6.07, 6.45) is 6.53.